The smallest absolute Gasteiger partial charge is 0.101 e. The molecule has 1 N–H and O–H groups in total. The average Bonchev–Trinajstić information content (AvgIpc) is 2.34. The highest BCUT2D eigenvalue weighted by Crippen LogP contribution is 2.24. The maximum atomic E-state index is 9.03. The molecule has 84 valence electrons. The Morgan fingerprint density at radius 2 is 1.88 bits per heavy atom. The Balaban J connectivity index is 2.38. The molecule has 0 spiro atoms. The van der Waals surface area contributed by atoms with E-state index in [4.69, 9.17) is 5.26 Å². The zero-order valence-corrected chi connectivity index (χ0v) is 11.5. The largest absolute Gasteiger partial charge is 0.354 e. The van der Waals surface area contributed by atoms with Crippen LogP contribution < -0.4 is 5.32 Å². The SMILES string of the molecule is Cc1ccc(I)cc1Nc1ccccc1C#N. The highest BCUT2D eigenvalue weighted by atomic mass is 127. The molecule has 0 radical (unpaired) electrons. The summed E-state index contributed by atoms with van der Waals surface area (Å²) in [5.41, 5.74) is 3.71. The molecule has 0 unspecified atom stereocenters. The molecule has 0 aliphatic carbocycles. The molecule has 0 aliphatic rings. The summed E-state index contributed by atoms with van der Waals surface area (Å²) in [5, 5.41) is 12.3. The van der Waals surface area contributed by atoms with Crippen LogP contribution in [0.15, 0.2) is 42.5 Å². The van der Waals surface area contributed by atoms with Crippen LogP contribution in [-0.4, -0.2) is 0 Å². The summed E-state index contributed by atoms with van der Waals surface area (Å²) < 4.78 is 1.17. The minimum Gasteiger partial charge on any atom is -0.354 e. The van der Waals surface area contributed by atoms with Crippen molar-refractivity contribution in [3.8, 4) is 6.07 Å². The number of aryl methyl sites for hydroxylation is 1. The molecule has 0 saturated heterocycles. The Bertz CT molecular complexity index is 585. The average molecular weight is 334 g/mol. The van der Waals surface area contributed by atoms with Gasteiger partial charge in [-0.25, -0.2) is 0 Å². The van der Waals surface area contributed by atoms with Crippen molar-refractivity contribution in [3.05, 3.63) is 57.2 Å². The summed E-state index contributed by atoms with van der Waals surface area (Å²) >= 11 is 2.28. The van der Waals surface area contributed by atoms with Gasteiger partial charge in [-0.3, -0.25) is 0 Å². The topological polar surface area (TPSA) is 35.8 Å². The van der Waals surface area contributed by atoms with Crippen LogP contribution in [0, 0.1) is 21.8 Å². The van der Waals surface area contributed by atoms with Gasteiger partial charge in [-0.2, -0.15) is 5.26 Å². The van der Waals surface area contributed by atoms with Gasteiger partial charge in [0.25, 0.3) is 0 Å². The van der Waals surface area contributed by atoms with E-state index < -0.39 is 0 Å². The predicted octanol–water partition coefficient (Wildman–Crippen LogP) is 4.21. The molecule has 0 bridgehead atoms. The Hall–Kier alpha value is -1.54. The van der Waals surface area contributed by atoms with Gasteiger partial charge >= 0.3 is 0 Å². The second-order valence-corrected chi connectivity index (χ2v) is 4.99. The number of benzene rings is 2. The van der Waals surface area contributed by atoms with Crippen LogP contribution >= 0.6 is 22.6 Å². The van der Waals surface area contributed by atoms with E-state index in [0.29, 0.717) is 5.56 Å². The molecule has 3 heteroatoms. The molecule has 0 amide bonds. The van der Waals surface area contributed by atoms with Gasteiger partial charge in [0.1, 0.15) is 6.07 Å². The number of nitrogens with one attached hydrogen (secondary N) is 1. The Kier molecular flexibility index (Phi) is 3.64. The molecule has 0 aliphatic heterocycles. The first-order valence-corrected chi connectivity index (χ1v) is 6.31. The van der Waals surface area contributed by atoms with Crippen molar-refractivity contribution in [2.45, 2.75) is 6.92 Å². The first-order chi connectivity index (χ1) is 8.20. The molecule has 0 fully saturated rings. The zero-order chi connectivity index (χ0) is 12.3. The van der Waals surface area contributed by atoms with E-state index in [1.807, 2.05) is 31.2 Å². The minimum atomic E-state index is 0.658. The second-order valence-electron chi connectivity index (χ2n) is 3.74. The Morgan fingerprint density at radius 3 is 2.65 bits per heavy atom. The van der Waals surface area contributed by atoms with E-state index in [9.17, 15) is 0 Å². The molecule has 2 aromatic rings. The highest BCUT2D eigenvalue weighted by molar-refractivity contribution is 14.1. The monoisotopic (exact) mass is 334 g/mol. The van der Waals surface area contributed by atoms with Crippen molar-refractivity contribution < 1.29 is 0 Å². The van der Waals surface area contributed by atoms with Crippen LogP contribution in [0.1, 0.15) is 11.1 Å². The van der Waals surface area contributed by atoms with E-state index in [1.165, 1.54) is 3.57 Å². The van der Waals surface area contributed by atoms with Crippen LogP contribution in [0.5, 0.6) is 0 Å². The fraction of sp³-hybridized carbons (Fsp3) is 0.0714. The maximum absolute atomic E-state index is 9.03. The second kappa shape index (κ2) is 5.19. The fourth-order valence-electron chi connectivity index (χ4n) is 1.56. The van der Waals surface area contributed by atoms with Crippen LogP contribution in [0.4, 0.5) is 11.4 Å². The van der Waals surface area contributed by atoms with Crippen LogP contribution in [0.3, 0.4) is 0 Å². The molecular formula is C14H11IN2. The molecule has 0 heterocycles. The Morgan fingerprint density at radius 1 is 1.12 bits per heavy atom. The summed E-state index contributed by atoms with van der Waals surface area (Å²) in [6.45, 7) is 2.05. The van der Waals surface area contributed by atoms with Gasteiger partial charge in [0.2, 0.25) is 0 Å². The lowest BCUT2D eigenvalue weighted by Gasteiger charge is -2.11. The number of rotatable bonds is 2. The number of nitriles is 1. The number of para-hydroxylation sites is 1. The van der Waals surface area contributed by atoms with Crippen molar-refractivity contribution >= 4 is 34.0 Å². The quantitative estimate of drug-likeness (QED) is 0.835. The van der Waals surface area contributed by atoms with E-state index in [1.54, 1.807) is 0 Å². The summed E-state index contributed by atoms with van der Waals surface area (Å²) in [5.74, 6) is 0. The van der Waals surface area contributed by atoms with Gasteiger partial charge < -0.3 is 5.32 Å². The van der Waals surface area contributed by atoms with Crippen LogP contribution in [0.25, 0.3) is 0 Å². The summed E-state index contributed by atoms with van der Waals surface area (Å²) in [4.78, 5) is 0. The molecule has 0 aromatic heterocycles. The number of hydrogen-bond donors (Lipinski definition) is 1. The molecule has 0 atom stereocenters. The first-order valence-electron chi connectivity index (χ1n) is 5.23. The number of nitrogens with zero attached hydrogens (tertiary/aromatic N) is 1. The van der Waals surface area contributed by atoms with E-state index in [-0.39, 0.29) is 0 Å². The maximum Gasteiger partial charge on any atom is 0.101 e. The van der Waals surface area contributed by atoms with Crippen LogP contribution in [0.2, 0.25) is 0 Å². The zero-order valence-electron chi connectivity index (χ0n) is 9.37. The lowest BCUT2D eigenvalue weighted by Crippen LogP contribution is -1.96. The van der Waals surface area contributed by atoms with Gasteiger partial charge in [0.05, 0.1) is 11.3 Å². The number of halogens is 1. The first kappa shape index (κ1) is 11.9. The van der Waals surface area contributed by atoms with Crippen LogP contribution in [-0.2, 0) is 0 Å². The molecular weight excluding hydrogens is 323 g/mol. The highest BCUT2D eigenvalue weighted by Gasteiger charge is 2.03. The third-order valence-electron chi connectivity index (χ3n) is 2.52. The molecule has 0 saturated carbocycles. The normalized spacial score (nSPS) is 9.71. The van der Waals surface area contributed by atoms with E-state index in [0.717, 1.165) is 16.9 Å². The van der Waals surface area contributed by atoms with Gasteiger partial charge in [0.15, 0.2) is 0 Å². The number of hydrogen-bond acceptors (Lipinski definition) is 2. The third-order valence-corrected chi connectivity index (χ3v) is 3.19. The van der Waals surface area contributed by atoms with E-state index in [2.05, 4.69) is 52.2 Å². The van der Waals surface area contributed by atoms with Gasteiger partial charge in [0, 0.05) is 9.26 Å². The fourth-order valence-corrected chi connectivity index (χ4v) is 2.05. The van der Waals surface area contributed by atoms with Crippen molar-refractivity contribution in [3.63, 3.8) is 0 Å². The third kappa shape index (κ3) is 2.77. The van der Waals surface area contributed by atoms with Crippen molar-refractivity contribution in [1.29, 1.82) is 5.26 Å². The predicted molar refractivity (Wildman–Crippen MR) is 78.3 cm³/mol. The molecule has 2 rings (SSSR count). The lowest BCUT2D eigenvalue weighted by molar-refractivity contribution is 1.40. The number of anilines is 2. The molecule has 17 heavy (non-hydrogen) atoms. The summed E-state index contributed by atoms with van der Waals surface area (Å²) in [7, 11) is 0. The van der Waals surface area contributed by atoms with Crippen molar-refractivity contribution in [2.75, 3.05) is 5.32 Å². The minimum absolute atomic E-state index is 0.658. The standard InChI is InChI=1S/C14H11IN2/c1-10-6-7-12(15)8-14(10)17-13-5-3-2-4-11(13)9-16/h2-8,17H,1H3. The Labute approximate surface area is 114 Å². The summed E-state index contributed by atoms with van der Waals surface area (Å²) in [6.07, 6.45) is 0. The van der Waals surface area contributed by atoms with Crippen molar-refractivity contribution in [2.24, 2.45) is 0 Å². The van der Waals surface area contributed by atoms with Gasteiger partial charge in [-0.15, -0.1) is 0 Å². The lowest BCUT2D eigenvalue weighted by atomic mass is 10.1. The van der Waals surface area contributed by atoms with Gasteiger partial charge in [-0.05, 0) is 59.3 Å². The van der Waals surface area contributed by atoms with Crippen molar-refractivity contribution in [1.82, 2.24) is 0 Å². The van der Waals surface area contributed by atoms with E-state index >= 15 is 0 Å². The molecule has 2 aromatic carbocycles. The summed E-state index contributed by atoms with van der Waals surface area (Å²) in [6, 6.07) is 15.9. The molecule has 2 nitrogen and oxygen atoms in total. The van der Waals surface area contributed by atoms with Gasteiger partial charge in [-0.1, -0.05) is 18.2 Å².